The summed E-state index contributed by atoms with van der Waals surface area (Å²) in [4.78, 5) is 37.9. The van der Waals surface area contributed by atoms with Gasteiger partial charge in [0.2, 0.25) is 11.7 Å². The maximum Gasteiger partial charge on any atom is 0.326 e. The maximum atomic E-state index is 12.4. The number of benzene rings is 1. The third-order valence-corrected chi connectivity index (χ3v) is 5.14. The fraction of sp³-hybridized carbons (Fsp3) is 0.550. The average molecular weight is 345 g/mol. The lowest BCUT2D eigenvalue weighted by molar-refractivity contribution is -0.148. The Morgan fingerprint density at radius 1 is 1.04 bits per heavy atom. The summed E-state index contributed by atoms with van der Waals surface area (Å²) < 4.78 is 5.13. The molecule has 2 rings (SSSR count). The molecule has 1 saturated heterocycles. The minimum Gasteiger partial charge on any atom is -0.456 e. The van der Waals surface area contributed by atoms with E-state index in [1.54, 1.807) is 0 Å². The molecule has 1 heterocycles. The Bertz CT molecular complexity index is 693. The number of carbonyl (C=O) groups is 3. The van der Waals surface area contributed by atoms with Gasteiger partial charge in [0.05, 0.1) is 0 Å². The zero-order valence-electron chi connectivity index (χ0n) is 15.6. The lowest BCUT2D eigenvalue weighted by Gasteiger charge is -2.19. The number of ketones is 1. The van der Waals surface area contributed by atoms with Crippen LogP contribution in [0.2, 0.25) is 0 Å². The summed E-state index contributed by atoms with van der Waals surface area (Å²) in [5, 5.41) is 0. The van der Waals surface area contributed by atoms with Crippen molar-refractivity contribution >= 4 is 17.7 Å². The summed E-state index contributed by atoms with van der Waals surface area (Å²) >= 11 is 0. The highest BCUT2D eigenvalue weighted by Gasteiger charge is 2.21. The van der Waals surface area contributed by atoms with Gasteiger partial charge in [0, 0.05) is 18.5 Å². The van der Waals surface area contributed by atoms with E-state index in [1.165, 1.54) is 10.5 Å². The van der Waals surface area contributed by atoms with E-state index in [0.29, 0.717) is 18.5 Å². The molecule has 1 aliphatic rings. The van der Waals surface area contributed by atoms with Crippen LogP contribution >= 0.6 is 0 Å². The molecule has 0 aliphatic carbocycles. The fourth-order valence-electron chi connectivity index (χ4n) is 3.13. The van der Waals surface area contributed by atoms with Gasteiger partial charge in [-0.25, -0.2) is 0 Å². The second-order valence-electron chi connectivity index (χ2n) is 6.83. The smallest absolute Gasteiger partial charge is 0.326 e. The quantitative estimate of drug-likeness (QED) is 0.608. The van der Waals surface area contributed by atoms with Crippen LogP contribution in [0, 0.1) is 27.7 Å². The van der Waals surface area contributed by atoms with E-state index >= 15 is 0 Å². The summed E-state index contributed by atoms with van der Waals surface area (Å²) in [6, 6.07) is 1.85. The minimum absolute atomic E-state index is 0.0126. The van der Waals surface area contributed by atoms with Crippen molar-refractivity contribution in [3.63, 3.8) is 0 Å². The number of likely N-dealkylation sites (tertiary alicyclic amines) is 1. The van der Waals surface area contributed by atoms with Crippen LogP contribution in [0.4, 0.5) is 0 Å². The van der Waals surface area contributed by atoms with E-state index in [2.05, 4.69) is 0 Å². The molecule has 25 heavy (non-hydrogen) atoms. The molecule has 0 saturated carbocycles. The minimum atomic E-state index is -0.526. The van der Waals surface area contributed by atoms with E-state index in [4.69, 9.17) is 4.74 Å². The molecule has 5 heteroatoms. The van der Waals surface area contributed by atoms with Gasteiger partial charge in [-0.1, -0.05) is 6.42 Å². The van der Waals surface area contributed by atoms with E-state index < -0.39 is 5.97 Å². The van der Waals surface area contributed by atoms with Gasteiger partial charge in [-0.05, 0) is 68.9 Å². The van der Waals surface area contributed by atoms with Gasteiger partial charge in [0.15, 0.2) is 6.61 Å². The molecule has 0 aromatic heterocycles. The molecule has 1 amide bonds. The Labute approximate surface area is 149 Å². The number of carbonyl (C=O) groups excluding carboxylic acids is 3. The zero-order valence-corrected chi connectivity index (χ0v) is 15.6. The third-order valence-electron chi connectivity index (χ3n) is 5.14. The lowest BCUT2D eigenvalue weighted by atomic mass is 9.93. The number of amides is 1. The van der Waals surface area contributed by atoms with Crippen molar-refractivity contribution in [1.82, 2.24) is 4.90 Å². The Hall–Kier alpha value is -2.17. The van der Waals surface area contributed by atoms with E-state index in [0.717, 1.165) is 36.0 Å². The monoisotopic (exact) mass is 345 g/mol. The van der Waals surface area contributed by atoms with E-state index in [1.807, 2.05) is 33.8 Å². The molecule has 1 aromatic carbocycles. The van der Waals surface area contributed by atoms with Gasteiger partial charge in [0.25, 0.3) is 0 Å². The Kier molecular flexibility index (Phi) is 6.34. The van der Waals surface area contributed by atoms with E-state index in [-0.39, 0.29) is 24.8 Å². The van der Waals surface area contributed by atoms with Crippen LogP contribution < -0.4 is 0 Å². The molecule has 0 atom stereocenters. The summed E-state index contributed by atoms with van der Waals surface area (Å²) in [5.74, 6) is -0.748. The standard InChI is InChI=1S/C20H27NO4/c1-13-10-17(16(4)15(3)14(13)2)18(22)12-25-20(24)11-21-9-7-5-6-8-19(21)23/h10H,5-9,11-12H2,1-4H3. The first-order chi connectivity index (χ1) is 11.8. The number of esters is 1. The first kappa shape index (κ1) is 19.2. The average Bonchev–Trinajstić information content (AvgIpc) is 2.78. The Balaban J connectivity index is 1.95. The molecular formula is C20H27NO4. The molecule has 0 unspecified atom stereocenters. The number of ether oxygens (including phenoxy) is 1. The van der Waals surface area contributed by atoms with Crippen molar-refractivity contribution in [3.05, 3.63) is 33.9 Å². The topological polar surface area (TPSA) is 63.7 Å². The van der Waals surface area contributed by atoms with Crippen molar-refractivity contribution in [2.24, 2.45) is 0 Å². The first-order valence-corrected chi connectivity index (χ1v) is 8.85. The molecule has 0 spiro atoms. The van der Waals surface area contributed by atoms with Gasteiger partial charge in [-0.15, -0.1) is 0 Å². The number of nitrogens with zero attached hydrogens (tertiary/aromatic N) is 1. The van der Waals surface area contributed by atoms with Gasteiger partial charge in [-0.2, -0.15) is 0 Å². The predicted molar refractivity (Wildman–Crippen MR) is 95.7 cm³/mol. The van der Waals surface area contributed by atoms with Crippen LogP contribution in [-0.2, 0) is 14.3 Å². The molecule has 5 nitrogen and oxygen atoms in total. The largest absolute Gasteiger partial charge is 0.456 e. The molecule has 0 bridgehead atoms. The van der Waals surface area contributed by atoms with Crippen LogP contribution in [0.5, 0.6) is 0 Å². The van der Waals surface area contributed by atoms with Crippen LogP contribution in [0.25, 0.3) is 0 Å². The summed E-state index contributed by atoms with van der Waals surface area (Å²) in [5.41, 5.74) is 4.83. The second-order valence-corrected chi connectivity index (χ2v) is 6.83. The van der Waals surface area contributed by atoms with Crippen molar-refractivity contribution in [2.75, 3.05) is 19.7 Å². The Morgan fingerprint density at radius 3 is 2.48 bits per heavy atom. The first-order valence-electron chi connectivity index (χ1n) is 8.85. The molecule has 0 radical (unpaired) electrons. The number of hydrogen-bond acceptors (Lipinski definition) is 4. The van der Waals surface area contributed by atoms with Gasteiger partial charge in [0.1, 0.15) is 6.54 Å². The van der Waals surface area contributed by atoms with Crippen molar-refractivity contribution in [1.29, 1.82) is 0 Å². The molecular weight excluding hydrogens is 318 g/mol. The summed E-state index contributed by atoms with van der Waals surface area (Å²) in [6.45, 7) is 8.12. The lowest BCUT2D eigenvalue weighted by Crippen LogP contribution is -2.36. The predicted octanol–water partition coefficient (Wildman–Crippen LogP) is 3.05. The fourth-order valence-corrected chi connectivity index (χ4v) is 3.13. The SMILES string of the molecule is Cc1cc(C(=O)COC(=O)CN2CCCCCC2=O)c(C)c(C)c1C. The number of aryl methyl sites for hydroxylation is 1. The Morgan fingerprint density at radius 2 is 1.76 bits per heavy atom. The highest BCUT2D eigenvalue weighted by molar-refractivity contribution is 6.00. The second kappa shape index (κ2) is 8.28. The van der Waals surface area contributed by atoms with Crippen LogP contribution in [0.3, 0.4) is 0 Å². The number of Topliss-reactive ketones (excluding diaryl/α,β-unsaturated/α-hetero) is 1. The maximum absolute atomic E-state index is 12.4. The van der Waals surface area contributed by atoms with Crippen LogP contribution in [-0.4, -0.2) is 42.3 Å². The number of hydrogen-bond donors (Lipinski definition) is 0. The van der Waals surface area contributed by atoms with Crippen LogP contribution in [0.15, 0.2) is 6.07 Å². The van der Waals surface area contributed by atoms with Gasteiger partial charge < -0.3 is 9.64 Å². The van der Waals surface area contributed by atoms with Crippen molar-refractivity contribution < 1.29 is 19.1 Å². The summed E-state index contributed by atoms with van der Waals surface area (Å²) in [7, 11) is 0. The third kappa shape index (κ3) is 4.68. The summed E-state index contributed by atoms with van der Waals surface area (Å²) in [6.07, 6.45) is 3.25. The van der Waals surface area contributed by atoms with Crippen LogP contribution in [0.1, 0.15) is 58.3 Å². The highest BCUT2D eigenvalue weighted by atomic mass is 16.5. The van der Waals surface area contributed by atoms with E-state index in [9.17, 15) is 14.4 Å². The molecule has 136 valence electrons. The zero-order chi connectivity index (χ0) is 18.6. The molecule has 1 fully saturated rings. The normalized spacial score (nSPS) is 15.0. The van der Waals surface area contributed by atoms with Crippen molar-refractivity contribution in [3.8, 4) is 0 Å². The van der Waals surface area contributed by atoms with Gasteiger partial charge in [-0.3, -0.25) is 14.4 Å². The number of rotatable bonds is 5. The molecule has 1 aromatic rings. The van der Waals surface area contributed by atoms with Gasteiger partial charge >= 0.3 is 5.97 Å². The molecule has 0 N–H and O–H groups in total. The molecule has 1 aliphatic heterocycles. The van der Waals surface area contributed by atoms with Crippen molar-refractivity contribution in [2.45, 2.75) is 53.4 Å². The highest BCUT2D eigenvalue weighted by Crippen LogP contribution is 2.21.